The molecule has 0 saturated carbocycles. The number of nitrogens with one attached hydrogen (secondary N) is 1. The average molecular weight is 141 g/mol. The number of hydrogen-bond donors (Lipinski definition) is 1. The molecule has 1 N–H and O–H groups in total. The van der Waals surface area contributed by atoms with E-state index < -0.39 is 5.97 Å². The van der Waals surface area contributed by atoms with Crippen molar-refractivity contribution in [2.45, 2.75) is 0 Å². The van der Waals surface area contributed by atoms with E-state index in [-0.39, 0.29) is 5.71 Å². The monoisotopic (exact) mass is 141 g/mol. The molecule has 0 unspecified atom stereocenters. The van der Waals surface area contributed by atoms with Crippen molar-refractivity contribution < 1.29 is 9.53 Å². The van der Waals surface area contributed by atoms with Gasteiger partial charge in [0, 0.05) is 0 Å². The lowest BCUT2D eigenvalue weighted by Crippen LogP contribution is -2.10. The maximum atomic E-state index is 10.2. The summed E-state index contributed by atoms with van der Waals surface area (Å²) in [5.41, 5.74) is -0.215. The van der Waals surface area contributed by atoms with E-state index in [1.165, 1.54) is 7.11 Å². The van der Waals surface area contributed by atoms with Crippen LogP contribution in [0.25, 0.3) is 0 Å². The Morgan fingerprint density at radius 3 is 2.10 bits per heavy atom. The first-order chi connectivity index (χ1) is 4.72. The Morgan fingerprint density at radius 2 is 2.00 bits per heavy atom. The van der Waals surface area contributed by atoms with Gasteiger partial charge in [0.05, 0.1) is 7.11 Å². The van der Waals surface area contributed by atoms with Crippen LogP contribution < -0.4 is 0 Å². The van der Waals surface area contributed by atoms with Crippen LogP contribution in [0.3, 0.4) is 0 Å². The summed E-state index contributed by atoms with van der Waals surface area (Å²) >= 11 is 0. The summed E-state index contributed by atoms with van der Waals surface area (Å²) in [5.74, 6) is -0.653. The van der Waals surface area contributed by atoms with E-state index in [0.29, 0.717) is 0 Å². The molecule has 0 amide bonds. The maximum Gasteiger partial charge on any atom is 0.355 e. The molecule has 0 aromatic rings. The van der Waals surface area contributed by atoms with Crippen LogP contribution in [0.15, 0.2) is 25.8 Å². The summed E-state index contributed by atoms with van der Waals surface area (Å²) in [6, 6.07) is 0. The van der Waals surface area contributed by atoms with Gasteiger partial charge in [-0.2, -0.15) is 0 Å². The second-order valence-electron chi connectivity index (χ2n) is 1.11. The van der Waals surface area contributed by atoms with Crippen molar-refractivity contribution in [2.75, 3.05) is 7.11 Å². The number of carbonyl (C=O) groups excluding carboxylic acids is 1. The molecule has 0 aliphatic rings. The number of ether oxygens (including phenoxy) is 1. The van der Waals surface area contributed by atoms with E-state index in [0.717, 1.165) is 6.08 Å². The first-order valence-corrected chi connectivity index (χ1v) is 2.51. The maximum absolute atomic E-state index is 10.2. The van der Waals surface area contributed by atoms with Gasteiger partial charge in [0.25, 0.3) is 0 Å². The lowest BCUT2D eigenvalue weighted by atomic mass is 10.4. The van der Waals surface area contributed by atoms with Crippen molar-refractivity contribution in [2.24, 2.45) is 0 Å². The van der Waals surface area contributed by atoms with Crippen molar-refractivity contribution in [1.29, 1.82) is 5.41 Å². The third kappa shape index (κ3) is 4.77. The van der Waals surface area contributed by atoms with Crippen molar-refractivity contribution in [3.05, 3.63) is 25.8 Å². The fourth-order valence-electron chi connectivity index (χ4n) is 0.193. The second kappa shape index (κ2) is 7.62. The normalized spacial score (nSPS) is 6.50. The number of hydrogen-bond acceptors (Lipinski definition) is 3. The molecule has 0 saturated heterocycles. The predicted molar refractivity (Wildman–Crippen MR) is 41.2 cm³/mol. The Labute approximate surface area is 60.5 Å². The summed E-state index contributed by atoms with van der Waals surface area (Å²) in [6.07, 6.45) is 1.13. The van der Waals surface area contributed by atoms with Gasteiger partial charge in [-0.25, -0.2) is 4.79 Å². The summed E-state index contributed by atoms with van der Waals surface area (Å²) in [6.45, 7) is 9.20. The van der Waals surface area contributed by atoms with Gasteiger partial charge >= 0.3 is 5.97 Å². The van der Waals surface area contributed by atoms with Gasteiger partial charge in [-0.05, 0) is 6.08 Å². The van der Waals surface area contributed by atoms with Gasteiger partial charge in [-0.15, -0.1) is 13.2 Å². The zero-order valence-electron chi connectivity index (χ0n) is 6.02. The van der Waals surface area contributed by atoms with Crippen molar-refractivity contribution in [1.82, 2.24) is 0 Å². The Hall–Kier alpha value is -1.38. The molecule has 0 aliphatic heterocycles. The van der Waals surface area contributed by atoms with E-state index >= 15 is 0 Å². The smallest absolute Gasteiger partial charge is 0.355 e. The molecule has 0 atom stereocenters. The zero-order valence-corrected chi connectivity index (χ0v) is 6.02. The third-order valence-corrected chi connectivity index (χ3v) is 0.609. The Morgan fingerprint density at radius 1 is 1.60 bits per heavy atom. The summed E-state index contributed by atoms with van der Waals surface area (Å²) in [4.78, 5) is 10.2. The predicted octanol–water partition coefficient (Wildman–Crippen LogP) is 1.17. The second-order valence-corrected chi connectivity index (χ2v) is 1.11. The molecule has 56 valence electrons. The fraction of sp³-hybridized carbons (Fsp3) is 0.143. The Balaban J connectivity index is 0. The van der Waals surface area contributed by atoms with E-state index in [1.807, 2.05) is 0 Å². The van der Waals surface area contributed by atoms with Crippen molar-refractivity contribution in [3.63, 3.8) is 0 Å². The minimum atomic E-state index is -0.653. The molecule has 3 nitrogen and oxygen atoms in total. The largest absolute Gasteiger partial charge is 0.464 e. The number of rotatable bonds is 2. The molecule has 0 bridgehead atoms. The van der Waals surface area contributed by atoms with Crippen LogP contribution in [-0.4, -0.2) is 18.8 Å². The average Bonchev–Trinajstić information content (AvgIpc) is 2.05. The van der Waals surface area contributed by atoms with E-state index in [9.17, 15) is 4.79 Å². The van der Waals surface area contributed by atoms with E-state index in [2.05, 4.69) is 24.5 Å². The molecule has 0 aromatic heterocycles. The molecular weight excluding hydrogens is 130 g/mol. The first kappa shape index (κ1) is 11.4. The summed E-state index contributed by atoms with van der Waals surface area (Å²) < 4.78 is 4.17. The van der Waals surface area contributed by atoms with Crippen molar-refractivity contribution in [3.8, 4) is 0 Å². The van der Waals surface area contributed by atoms with Crippen LogP contribution in [0.4, 0.5) is 0 Å². The standard InChI is InChI=1S/C5H7NO2.C2H4/c1-3-4(6)5(7)8-2;1-2/h3,6H,1H2,2H3;1-2H2. The molecule has 0 aromatic carbocycles. The minimum absolute atomic E-state index is 0.215. The molecule has 0 heterocycles. The Kier molecular flexibility index (Phi) is 8.70. The lowest BCUT2D eigenvalue weighted by Gasteiger charge is -1.91. The molecule has 3 heteroatoms. The van der Waals surface area contributed by atoms with Gasteiger partial charge in [0.15, 0.2) is 0 Å². The zero-order chi connectivity index (χ0) is 8.57. The van der Waals surface area contributed by atoms with Gasteiger partial charge < -0.3 is 4.74 Å². The number of methoxy groups -OCH3 is 1. The molecule has 0 fully saturated rings. The van der Waals surface area contributed by atoms with Crippen LogP contribution >= 0.6 is 0 Å². The van der Waals surface area contributed by atoms with E-state index in [4.69, 9.17) is 5.41 Å². The van der Waals surface area contributed by atoms with Crippen LogP contribution in [0.5, 0.6) is 0 Å². The van der Waals surface area contributed by atoms with Crippen LogP contribution in [0.1, 0.15) is 0 Å². The molecule has 0 spiro atoms. The highest BCUT2D eigenvalue weighted by Gasteiger charge is 2.01. The minimum Gasteiger partial charge on any atom is -0.464 e. The van der Waals surface area contributed by atoms with E-state index in [1.54, 1.807) is 0 Å². The van der Waals surface area contributed by atoms with Crippen molar-refractivity contribution >= 4 is 11.7 Å². The lowest BCUT2D eigenvalue weighted by molar-refractivity contribution is -0.132. The molecule has 0 radical (unpaired) electrons. The quantitative estimate of drug-likeness (QED) is 0.356. The summed E-state index contributed by atoms with van der Waals surface area (Å²) in [7, 11) is 1.22. The Bertz CT molecular complexity index is 141. The highest BCUT2D eigenvalue weighted by atomic mass is 16.5. The first-order valence-electron chi connectivity index (χ1n) is 2.51. The molecule has 10 heavy (non-hydrogen) atoms. The van der Waals surface area contributed by atoms with Gasteiger partial charge in [0.1, 0.15) is 5.71 Å². The van der Waals surface area contributed by atoms with Crippen LogP contribution in [-0.2, 0) is 9.53 Å². The molecular formula is C7H11NO2. The summed E-state index contributed by atoms with van der Waals surface area (Å²) in [5, 5.41) is 6.75. The number of esters is 1. The highest BCUT2D eigenvalue weighted by Crippen LogP contribution is 1.77. The third-order valence-electron chi connectivity index (χ3n) is 0.609. The fourth-order valence-corrected chi connectivity index (χ4v) is 0.193. The SMILES string of the molecule is C=C.C=CC(=N)C(=O)OC. The number of carbonyl (C=O) groups is 1. The van der Waals surface area contributed by atoms with Gasteiger partial charge in [-0.1, -0.05) is 6.58 Å². The topological polar surface area (TPSA) is 50.2 Å². The molecule has 0 rings (SSSR count). The van der Waals surface area contributed by atoms with Gasteiger partial charge in [-0.3, -0.25) is 5.41 Å². The van der Waals surface area contributed by atoms with Crippen LogP contribution in [0, 0.1) is 5.41 Å². The van der Waals surface area contributed by atoms with Crippen LogP contribution in [0.2, 0.25) is 0 Å². The molecule has 0 aliphatic carbocycles. The van der Waals surface area contributed by atoms with Gasteiger partial charge in [0.2, 0.25) is 0 Å². The highest BCUT2D eigenvalue weighted by molar-refractivity contribution is 6.39.